The van der Waals surface area contributed by atoms with Gasteiger partial charge in [0, 0.05) is 28.8 Å². The summed E-state index contributed by atoms with van der Waals surface area (Å²) in [6.45, 7) is -0.159. The summed E-state index contributed by atoms with van der Waals surface area (Å²) < 4.78 is 1.37. The van der Waals surface area contributed by atoms with Gasteiger partial charge in [-0.25, -0.2) is 4.79 Å². The minimum absolute atomic E-state index is 0.159. The van der Waals surface area contributed by atoms with E-state index in [2.05, 4.69) is 10.3 Å². The molecule has 150 valence electrons. The van der Waals surface area contributed by atoms with E-state index in [1.165, 1.54) is 4.57 Å². The number of anilines is 3. The predicted molar refractivity (Wildman–Crippen MR) is 121 cm³/mol. The van der Waals surface area contributed by atoms with Crippen LogP contribution < -0.4 is 15.9 Å². The second-order valence-electron chi connectivity index (χ2n) is 6.77. The summed E-state index contributed by atoms with van der Waals surface area (Å²) >= 11 is 5.97. The van der Waals surface area contributed by atoms with Gasteiger partial charge in [0.1, 0.15) is 12.4 Å². The number of carbonyl (C=O) groups excluding carboxylic acids is 1. The van der Waals surface area contributed by atoms with Crippen LogP contribution in [0.4, 0.5) is 17.2 Å². The Morgan fingerprint density at radius 2 is 1.77 bits per heavy atom. The van der Waals surface area contributed by atoms with Crippen LogP contribution in [0, 0.1) is 0 Å². The van der Waals surface area contributed by atoms with E-state index in [1.807, 2.05) is 66.5 Å². The van der Waals surface area contributed by atoms with Crippen molar-refractivity contribution in [1.29, 1.82) is 0 Å². The standard InChI is InChI=1S/C23H19ClN4O2/c1-27(18-10-3-2-4-11-18)22-19-12-5-6-13-20(19)28(23(30)26-22)15-21(29)25-17-9-7-8-16(24)14-17/h2-14H,15H2,1H3,(H,25,29). The summed E-state index contributed by atoms with van der Waals surface area (Å²) in [6, 6.07) is 23.9. The molecule has 1 aromatic heterocycles. The second kappa shape index (κ2) is 8.39. The van der Waals surface area contributed by atoms with Crippen molar-refractivity contribution in [1.82, 2.24) is 9.55 Å². The molecule has 4 rings (SSSR count). The van der Waals surface area contributed by atoms with Crippen LogP contribution in [0.1, 0.15) is 0 Å². The van der Waals surface area contributed by atoms with E-state index >= 15 is 0 Å². The molecule has 0 aliphatic carbocycles. The first kappa shape index (κ1) is 19.7. The lowest BCUT2D eigenvalue weighted by atomic mass is 10.2. The van der Waals surface area contributed by atoms with Crippen molar-refractivity contribution in [3.63, 3.8) is 0 Å². The van der Waals surface area contributed by atoms with Gasteiger partial charge in [-0.2, -0.15) is 4.98 Å². The Balaban J connectivity index is 1.71. The first-order valence-electron chi connectivity index (χ1n) is 9.37. The largest absolute Gasteiger partial charge is 0.350 e. The number of fused-ring (bicyclic) bond motifs is 1. The summed E-state index contributed by atoms with van der Waals surface area (Å²) in [6.07, 6.45) is 0. The summed E-state index contributed by atoms with van der Waals surface area (Å²) in [4.78, 5) is 31.6. The SMILES string of the molecule is CN(c1ccccc1)c1nc(=O)n(CC(=O)Nc2cccc(Cl)c2)c2ccccc12. The third-order valence-corrected chi connectivity index (χ3v) is 4.97. The maximum absolute atomic E-state index is 12.9. The number of para-hydroxylation sites is 2. The van der Waals surface area contributed by atoms with Crippen molar-refractivity contribution in [2.75, 3.05) is 17.3 Å². The summed E-state index contributed by atoms with van der Waals surface area (Å²) in [5, 5.41) is 4.06. The van der Waals surface area contributed by atoms with E-state index in [1.54, 1.807) is 24.3 Å². The summed E-state index contributed by atoms with van der Waals surface area (Å²) in [7, 11) is 1.86. The fourth-order valence-electron chi connectivity index (χ4n) is 3.31. The molecule has 1 N–H and O–H groups in total. The summed E-state index contributed by atoms with van der Waals surface area (Å²) in [5.41, 5.74) is 1.62. The highest BCUT2D eigenvalue weighted by molar-refractivity contribution is 6.30. The van der Waals surface area contributed by atoms with Gasteiger partial charge in [-0.1, -0.05) is 48.0 Å². The molecule has 4 aromatic rings. The van der Waals surface area contributed by atoms with Crippen molar-refractivity contribution in [3.8, 4) is 0 Å². The number of aromatic nitrogens is 2. The van der Waals surface area contributed by atoms with Crippen LogP contribution in [0.3, 0.4) is 0 Å². The van der Waals surface area contributed by atoms with Gasteiger partial charge < -0.3 is 10.2 Å². The van der Waals surface area contributed by atoms with Gasteiger partial charge in [-0.05, 0) is 42.5 Å². The molecule has 0 atom stereocenters. The van der Waals surface area contributed by atoms with Crippen LogP contribution >= 0.6 is 11.6 Å². The van der Waals surface area contributed by atoms with Gasteiger partial charge in [0.05, 0.1) is 5.52 Å². The Bertz CT molecular complexity index is 1270. The fraction of sp³-hybridized carbons (Fsp3) is 0.0870. The molecule has 0 bridgehead atoms. The minimum atomic E-state index is -0.493. The molecule has 0 spiro atoms. The molecule has 0 saturated heterocycles. The van der Waals surface area contributed by atoms with Gasteiger partial charge in [0.15, 0.2) is 0 Å². The van der Waals surface area contributed by atoms with E-state index in [-0.39, 0.29) is 12.5 Å². The lowest BCUT2D eigenvalue weighted by molar-refractivity contribution is -0.116. The number of carbonyl (C=O) groups is 1. The van der Waals surface area contributed by atoms with Gasteiger partial charge in [-0.3, -0.25) is 9.36 Å². The molecule has 6 nitrogen and oxygen atoms in total. The first-order chi connectivity index (χ1) is 14.5. The average molecular weight is 419 g/mol. The zero-order valence-corrected chi connectivity index (χ0v) is 17.0. The average Bonchev–Trinajstić information content (AvgIpc) is 2.75. The Labute approximate surface area is 178 Å². The molecule has 1 amide bonds. The smallest absolute Gasteiger partial charge is 0.329 e. The van der Waals surface area contributed by atoms with Crippen molar-refractivity contribution in [2.24, 2.45) is 0 Å². The van der Waals surface area contributed by atoms with Crippen LogP contribution in [-0.2, 0) is 11.3 Å². The number of nitrogens with one attached hydrogen (secondary N) is 1. The zero-order chi connectivity index (χ0) is 21.1. The van der Waals surface area contributed by atoms with E-state index in [4.69, 9.17) is 11.6 Å². The lowest BCUT2D eigenvalue weighted by Gasteiger charge is -2.21. The highest BCUT2D eigenvalue weighted by Gasteiger charge is 2.16. The van der Waals surface area contributed by atoms with Crippen LogP contribution in [0.2, 0.25) is 5.02 Å². The van der Waals surface area contributed by atoms with Gasteiger partial charge in [-0.15, -0.1) is 0 Å². The number of rotatable bonds is 5. The lowest BCUT2D eigenvalue weighted by Crippen LogP contribution is -2.31. The molecule has 0 radical (unpaired) electrons. The van der Waals surface area contributed by atoms with E-state index in [0.717, 1.165) is 11.1 Å². The molecular formula is C23H19ClN4O2. The van der Waals surface area contributed by atoms with E-state index in [9.17, 15) is 9.59 Å². The Hall–Kier alpha value is -3.64. The maximum Gasteiger partial charge on any atom is 0.350 e. The number of amides is 1. The quantitative estimate of drug-likeness (QED) is 0.519. The normalized spacial score (nSPS) is 10.7. The van der Waals surface area contributed by atoms with Gasteiger partial charge >= 0.3 is 5.69 Å². The monoisotopic (exact) mass is 418 g/mol. The Kier molecular flexibility index (Phi) is 5.50. The highest BCUT2D eigenvalue weighted by atomic mass is 35.5. The zero-order valence-electron chi connectivity index (χ0n) is 16.2. The molecular weight excluding hydrogens is 400 g/mol. The molecule has 30 heavy (non-hydrogen) atoms. The van der Waals surface area contributed by atoms with E-state index < -0.39 is 5.69 Å². The number of halogens is 1. The van der Waals surface area contributed by atoms with Crippen LogP contribution in [0.15, 0.2) is 83.7 Å². The highest BCUT2D eigenvalue weighted by Crippen LogP contribution is 2.27. The molecule has 0 fully saturated rings. The number of nitrogens with zero attached hydrogens (tertiary/aromatic N) is 3. The summed E-state index contributed by atoms with van der Waals surface area (Å²) in [5.74, 6) is 0.198. The van der Waals surface area contributed by atoms with Crippen molar-refractivity contribution in [3.05, 3.63) is 94.4 Å². The topological polar surface area (TPSA) is 67.2 Å². The third kappa shape index (κ3) is 4.04. The fourth-order valence-corrected chi connectivity index (χ4v) is 3.50. The number of hydrogen-bond acceptors (Lipinski definition) is 4. The third-order valence-electron chi connectivity index (χ3n) is 4.74. The predicted octanol–water partition coefficient (Wildman–Crippen LogP) is 4.46. The molecule has 3 aromatic carbocycles. The van der Waals surface area contributed by atoms with Crippen LogP contribution in [0.25, 0.3) is 10.9 Å². The van der Waals surface area contributed by atoms with Gasteiger partial charge in [0.25, 0.3) is 0 Å². The molecule has 0 unspecified atom stereocenters. The number of benzene rings is 3. The molecule has 1 heterocycles. The first-order valence-corrected chi connectivity index (χ1v) is 9.74. The maximum atomic E-state index is 12.9. The molecule has 0 saturated carbocycles. The minimum Gasteiger partial charge on any atom is -0.329 e. The molecule has 0 aliphatic heterocycles. The van der Waals surface area contributed by atoms with Crippen molar-refractivity contribution < 1.29 is 4.79 Å². The Morgan fingerprint density at radius 3 is 2.53 bits per heavy atom. The van der Waals surface area contributed by atoms with Gasteiger partial charge in [0.2, 0.25) is 5.91 Å². The molecule has 0 aliphatic rings. The van der Waals surface area contributed by atoms with E-state index in [0.29, 0.717) is 22.0 Å². The van der Waals surface area contributed by atoms with Crippen molar-refractivity contribution in [2.45, 2.75) is 6.54 Å². The number of hydrogen-bond donors (Lipinski definition) is 1. The Morgan fingerprint density at radius 1 is 1.03 bits per heavy atom. The second-order valence-corrected chi connectivity index (χ2v) is 7.21. The van der Waals surface area contributed by atoms with Crippen LogP contribution in [-0.4, -0.2) is 22.5 Å². The van der Waals surface area contributed by atoms with Crippen molar-refractivity contribution >= 4 is 45.6 Å². The van der Waals surface area contributed by atoms with Crippen LogP contribution in [0.5, 0.6) is 0 Å². The molecule has 7 heteroatoms.